The molecule has 0 aliphatic carbocycles. The molecule has 242 valence electrons. The molecule has 46 heavy (non-hydrogen) atoms. The van der Waals surface area contributed by atoms with Gasteiger partial charge in [0.25, 0.3) is 0 Å². The molecule has 4 amide bonds. The van der Waals surface area contributed by atoms with Gasteiger partial charge in [0.15, 0.2) is 0 Å². The molecule has 1 aliphatic rings. The van der Waals surface area contributed by atoms with Gasteiger partial charge in [-0.2, -0.15) is 13.2 Å². The van der Waals surface area contributed by atoms with E-state index in [0.29, 0.717) is 31.7 Å². The molecule has 1 aliphatic heterocycles. The second kappa shape index (κ2) is 13.9. The predicted molar refractivity (Wildman–Crippen MR) is 164 cm³/mol. The number of urea groups is 1. The topological polar surface area (TPSA) is 116 Å². The molecule has 0 bridgehead atoms. The molecule has 1 fully saturated rings. The fraction of sp³-hybridized carbons (Fsp3) is 0.303. The maximum Gasteiger partial charge on any atom is 0.471 e. The summed E-state index contributed by atoms with van der Waals surface area (Å²) in [5.41, 5.74) is 2.08. The number of fused-ring (bicyclic) bond motifs is 1. The lowest BCUT2D eigenvalue weighted by Crippen LogP contribution is -2.53. The summed E-state index contributed by atoms with van der Waals surface area (Å²) in [5.74, 6) is -3.05. The number of aromatic nitrogens is 1. The van der Waals surface area contributed by atoms with Gasteiger partial charge in [-0.3, -0.25) is 9.59 Å². The van der Waals surface area contributed by atoms with Crippen molar-refractivity contribution in [3.05, 3.63) is 95.9 Å². The van der Waals surface area contributed by atoms with Crippen LogP contribution in [0.2, 0.25) is 0 Å². The number of rotatable bonds is 9. The number of carbonyl (C=O) groups excluding carboxylic acids is 3. The standard InChI is InChI=1S/C33H33F4N5O4/c1-20(26-19-38-28-9-5-3-7-25(26)28)29(30(43)40-27-8-4-2-6-21(27)18-39-31(44)33(35,36)37)41-32(45)42-16-14-24(15-17-42)46-23-12-10-22(34)11-13-23/h2-13,19-20,24,29,38H,14-18H2,1H3,(H,39,44)(H,40,43)(H,41,45). The number of aromatic amines is 1. The highest BCUT2D eigenvalue weighted by Crippen LogP contribution is 2.29. The quantitative estimate of drug-likeness (QED) is 0.172. The third-order valence-electron chi connectivity index (χ3n) is 7.99. The van der Waals surface area contributed by atoms with Gasteiger partial charge < -0.3 is 30.6 Å². The predicted octanol–water partition coefficient (Wildman–Crippen LogP) is 5.85. The van der Waals surface area contributed by atoms with Gasteiger partial charge in [0.2, 0.25) is 5.91 Å². The number of hydrogen-bond donors (Lipinski definition) is 4. The second-order valence-corrected chi connectivity index (χ2v) is 11.1. The minimum absolute atomic E-state index is 0.173. The van der Waals surface area contributed by atoms with Crippen molar-refractivity contribution in [2.75, 3.05) is 18.4 Å². The number of nitrogens with zero attached hydrogens (tertiary/aromatic N) is 1. The van der Waals surface area contributed by atoms with Crippen LogP contribution in [0.3, 0.4) is 0 Å². The van der Waals surface area contributed by atoms with Crippen molar-refractivity contribution in [1.29, 1.82) is 0 Å². The van der Waals surface area contributed by atoms with Crippen LogP contribution >= 0.6 is 0 Å². The van der Waals surface area contributed by atoms with E-state index in [1.54, 1.807) is 42.3 Å². The molecule has 1 saturated heterocycles. The van der Waals surface area contributed by atoms with E-state index < -0.39 is 42.5 Å². The van der Waals surface area contributed by atoms with Crippen molar-refractivity contribution in [1.82, 2.24) is 20.5 Å². The fourth-order valence-corrected chi connectivity index (χ4v) is 5.46. The van der Waals surface area contributed by atoms with Gasteiger partial charge in [0.05, 0.1) is 0 Å². The first-order chi connectivity index (χ1) is 22.0. The Morgan fingerprint density at radius 2 is 1.65 bits per heavy atom. The lowest BCUT2D eigenvalue weighted by atomic mass is 9.92. The molecule has 2 heterocycles. The highest BCUT2D eigenvalue weighted by atomic mass is 19.4. The van der Waals surface area contributed by atoms with Gasteiger partial charge in [-0.05, 0) is 47.5 Å². The molecular formula is C33H33F4N5O4. The maximum absolute atomic E-state index is 13.9. The molecule has 9 nitrogen and oxygen atoms in total. The Morgan fingerprint density at radius 3 is 2.37 bits per heavy atom. The van der Waals surface area contributed by atoms with E-state index in [1.165, 1.54) is 24.3 Å². The molecule has 3 aromatic carbocycles. The van der Waals surface area contributed by atoms with Crippen LogP contribution in [0.1, 0.15) is 36.8 Å². The summed E-state index contributed by atoms with van der Waals surface area (Å²) < 4.78 is 57.5. The molecule has 13 heteroatoms. The minimum Gasteiger partial charge on any atom is -0.490 e. The van der Waals surface area contributed by atoms with Crippen LogP contribution in [-0.2, 0) is 16.1 Å². The number of H-pyrrole nitrogens is 1. The highest BCUT2D eigenvalue weighted by Gasteiger charge is 2.38. The number of amides is 4. The maximum atomic E-state index is 13.9. The van der Waals surface area contributed by atoms with Crippen LogP contribution in [0.5, 0.6) is 5.75 Å². The van der Waals surface area contributed by atoms with Crippen LogP contribution in [0, 0.1) is 5.82 Å². The van der Waals surface area contributed by atoms with Gasteiger partial charge in [0.1, 0.15) is 23.7 Å². The molecule has 2 unspecified atom stereocenters. The second-order valence-electron chi connectivity index (χ2n) is 11.1. The summed E-state index contributed by atoms with van der Waals surface area (Å²) in [7, 11) is 0. The van der Waals surface area contributed by atoms with E-state index in [0.717, 1.165) is 16.5 Å². The van der Waals surface area contributed by atoms with E-state index in [1.807, 2.05) is 29.6 Å². The van der Waals surface area contributed by atoms with Crippen LogP contribution in [-0.4, -0.2) is 59.1 Å². The average molecular weight is 640 g/mol. The monoisotopic (exact) mass is 639 g/mol. The number of para-hydroxylation sites is 2. The Balaban J connectivity index is 1.31. The van der Waals surface area contributed by atoms with Gasteiger partial charge >= 0.3 is 18.1 Å². The molecule has 0 saturated carbocycles. The molecular weight excluding hydrogens is 606 g/mol. The lowest BCUT2D eigenvalue weighted by Gasteiger charge is -2.34. The van der Waals surface area contributed by atoms with Gasteiger partial charge in [-0.15, -0.1) is 0 Å². The van der Waals surface area contributed by atoms with E-state index in [2.05, 4.69) is 15.6 Å². The number of benzene rings is 3. The third kappa shape index (κ3) is 7.76. The number of halogens is 4. The zero-order valence-electron chi connectivity index (χ0n) is 24.9. The summed E-state index contributed by atoms with van der Waals surface area (Å²) in [6.45, 7) is 2.04. The number of piperidine rings is 1. The van der Waals surface area contributed by atoms with E-state index in [-0.39, 0.29) is 23.2 Å². The third-order valence-corrected chi connectivity index (χ3v) is 7.99. The fourth-order valence-electron chi connectivity index (χ4n) is 5.46. The van der Waals surface area contributed by atoms with Gasteiger partial charge in [-0.25, -0.2) is 9.18 Å². The normalized spacial score (nSPS) is 15.2. The Labute approximate surface area is 262 Å². The van der Waals surface area contributed by atoms with Crippen LogP contribution < -0.4 is 20.7 Å². The molecule has 0 radical (unpaired) electrons. The summed E-state index contributed by atoms with van der Waals surface area (Å²) in [6.07, 6.45) is -2.40. The number of hydrogen-bond acceptors (Lipinski definition) is 4. The summed E-state index contributed by atoms with van der Waals surface area (Å²) in [4.78, 5) is 43.6. The molecule has 2 atom stereocenters. The highest BCUT2D eigenvalue weighted by molar-refractivity contribution is 5.99. The number of nitrogens with one attached hydrogen (secondary N) is 4. The average Bonchev–Trinajstić information content (AvgIpc) is 3.48. The molecule has 4 N–H and O–H groups in total. The molecule has 4 aromatic rings. The number of carbonyl (C=O) groups is 3. The molecule has 1 aromatic heterocycles. The summed E-state index contributed by atoms with van der Waals surface area (Å²) >= 11 is 0. The number of alkyl halides is 3. The van der Waals surface area contributed by atoms with Crippen molar-refractivity contribution < 1.29 is 36.7 Å². The SMILES string of the molecule is CC(c1c[nH]c2ccccc12)C(NC(=O)N1CCC(Oc2ccc(F)cc2)CC1)C(=O)Nc1ccccc1CNC(=O)C(F)(F)F. The molecule has 0 spiro atoms. The van der Waals surface area contributed by atoms with E-state index >= 15 is 0 Å². The Kier molecular flexibility index (Phi) is 9.78. The smallest absolute Gasteiger partial charge is 0.471 e. The molecule has 5 rings (SSSR count). The van der Waals surface area contributed by atoms with Crippen LogP contribution in [0.15, 0.2) is 79.0 Å². The van der Waals surface area contributed by atoms with Crippen LogP contribution in [0.4, 0.5) is 28.0 Å². The lowest BCUT2D eigenvalue weighted by molar-refractivity contribution is -0.173. The van der Waals surface area contributed by atoms with E-state index in [9.17, 15) is 31.9 Å². The van der Waals surface area contributed by atoms with Gasteiger partial charge in [0, 0.05) is 61.2 Å². The largest absolute Gasteiger partial charge is 0.490 e. The van der Waals surface area contributed by atoms with Gasteiger partial charge in [-0.1, -0.05) is 43.3 Å². The first-order valence-corrected chi connectivity index (χ1v) is 14.8. The first-order valence-electron chi connectivity index (χ1n) is 14.8. The van der Waals surface area contributed by atoms with Crippen LogP contribution in [0.25, 0.3) is 10.9 Å². The van der Waals surface area contributed by atoms with Crippen molar-refractivity contribution >= 4 is 34.4 Å². The van der Waals surface area contributed by atoms with E-state index in [4.69, 9.17) is 4.74 Å². The number of anilines is 1. The van der Waals surface area contributed by atoms with Crippen molar-refractivity contribution in [3.8, 4) is 5.75 Å². The Bertz CT molecular complexity index is 1680. The summed E-state index contributed by atoms with van der Waals surface area (Å²) in [6, 6.07) is 17.9. The zero-order valence-corrected chi connectivity index (χ0v) is 24.9. The summed E-state index contributed by atoms with van der Waals surface area (Å²) in [5, 5.41) is 8.32. The van der Waals surface area contributed by atoms with Crippen molar-refractivity contribution in [3.63, 3.8) is 0 Å². The van der Waals surface area contributed by atoms with Crippen molar-refractivity contribution in [2.24, 2.45) is 0 Å². The number of likely N-dealkylation sites (tertiary alicyclic amines) is 1. The zero-order chi connectivity index (χ0) is 32.8. The Hall–Kier alpha value is -5.07. The Morgan fingerprint density at radius 1 is 0.978 bits per heavy atom. The minimum atomic E-state index is -5.05. The first kappa shape index (κ1) is 32.3. The number of ether oxygens (including phenoxy) is 1. The van der Waals surface area contributed by atoms with Crippen molar-refractivity contribution in [2.45, 2.75) is 50.6 Å².